The Morgan fingerprint density at radius 1 is 0.846 bits per heavy atom. The summed E-state index contributed by atoms with van der Waals surface area (Å²) in [4.78, 5) is 30.5. The predicted octanol–water partition coefficient (Wildman–Crippen LogP) is 1.54. The van der Waals surface area contributed by atoms with Crippen LogP contribution in [0.5, 0.6) is 0 Å². The first-order valence-corrected chi connectivity index (χ1v) is 4.67. The van der Waals surface area contributed by atoms with E-state index >= 15 is 0 Å². The van der Waals surface area contributed by atoms with Crippen molar-refractivity contribution >= 4 is 18.9 Å². The van der Waals surface area contributed by atoms with E-state index in [1.807, 2.05) is 0 Å². The molecule has 0 aliphatic rings. The highest BCUT2D eigenvalue weighted by Gasteiger charge is 2.05. The Labute approximate surface area is 78.5 Å². The third kappa shape index (κ3) is 7.37. The molecule has 0 saturated carbocycles. The van der Waals surface area contributed by atoms with Gasteiger partial charge in [0.25, 0.3) is 0 Å². The lowest BCUT2D eigenvalue weighted by molar-refractivity contribution is -0.112. The van der Waals surface area contributed by atoms with Crippen LogP contribution < -0.4 is 0 Å². The van der Waals surface area contributed by atoms with Gasteiger partial charge in [0.05, 0.1) is 0 Å². The predicted molar refractivity (Wildman–Crippen MR) is 49.4 cm³/mol. The maximum Gasteiger partial charge on any atom is 0.123 e. The lowest BCUT2D eigenvalue weighted by atomic mass is 9.98. The van der Waals surface area contributed by atoms with Gasteiger partial charge in [-0.3, -0.25) is 0 Å². The van der Waals surface area contributed by atoms with E-state index in [-0.39, 0.29) is 5.92 Å². The van der Waals surface area contributed by atoms with Gasteiger partial charge in [-0.15, -0.1) is 0 Å². The standard InChI is InChI=1S/C10H16O3/c11-7-3-1-5-10(9-13)6-2-4-8-12/h7-10H,1-6H2. The minimum absolute atomic E-state index is 0.0277. The van der Waals surface area contributed by atoms with Crippen molar-refractivity contribution in [2.24, 2.45) is 5.92 Å². The van der Waals surface area contributed by atoms with Crippen molar-refractivity contribution in [1.82, 2.24) is 0 Å². The third-order valence-electron chi connectivity index (χ3n) is 1.99. The monoisotopic (exact) mass is 184 g/mol. The van der Waals surface area contributed by atoms with E-state index in [4.69, 9.17) is 0 Å². The summed E-state index contributed by atoms with van der Waals surface area (Å²) in [5, 5.41) is 0. The minimum Gasteiger partial charge on any atom is -0.303 e. The van der Waals surface area contributed by atoms with Gasteiger partial charge in [0.2, 0.25) is 0 Å². The molecule has 0 fully saturated rings. The zero-order valence-electron chi connectivity index (χ0n) is 7.78. The summed E-state index contributed by atoms with van der Waals surface area (Å²) in [5.41, 5.74) is 0. The van der Waals surface area contributed by atoms with Crippen LogP contribution in [0.1, 0.15) is 38.5 Å². The Bertz CT molecular complexity index is 140. The van der Waals surface area contributed by atoms with Gasteiger partial charge in [-0.05, 0) is 25.7 Å². The zero-order valence-corrected chi connectivity index (χ0v) is 7.78. The van der Waals surface area contributed by atoms with Crippen LogP contribution in [0.15, 0.2) is 0 Å². The molecule has 0 aromatic heterocycles. The largest absolute Gasteiger partial charge is 0.303 e. The fourth-order valence-electron chi connectivity index (χ4n) is 1.21. The molecule has 0 atom stereocenters. The van der Waals surface area contributed by atoms with Crippen molar-refractivity contribution in [2.75, 3.05) is 0 Å². The molecule has 0 spiro atoms. The minimum atomic E-state index is 0.0277. The van der Waals surface area contributed by atoms with E-state index in [2.05, 4.69) is 0 Å². The van der Waals surface area contributed by atoms with Crippen molar-refractivity contribution in [3.8, 4) is 0 Å². The summed E-state index contributed by atoms with van der Waals surface area (Å²) in [7, 11) is 0. The molecule has 0 bridgehead atoms. The van der Waals surface area contributed by atoms with Crippen LogP contribution in [0.2, 0.25) is 0 Å². The lowest BCUT2D eigenvalue weighted by Gasteiger charge is -2.06. The number of aldehydes is 3. The smallest absolute Gasteiger partial charge is 0.123 e. The summed E-state index contributed by atoms with van der Waals surface area (Å²) >= 11 is 0. The molecule has 0 saturated heterocycles. The first kappa shape index (κ1) is 12.0. The molecule has 0 aliphatic carbocycles. The molecule has 0 heterocycles. The van der Waals surface area contributed by atoms with Gasteiger partial charge in [0.1, 0.15) is 18.9 Å². The first-order chi connectivity index (χ1) is 6.35. The molecule has 0 rings (SSSR count). The average Bonchev–Trinajstić information content (AvgIpc) is 2.16. The molecule has 0 unspecified atom stereocenters. The molecule has 3 heteroatoms. The molecular weight excluding hydrogens is 168 g/mol. The van der Waals surface area contributed by atoms with Crippen LogP contribution in [-0.2, 0) is 14.4 Å². The van der Waals surface area contributed by atoms with Crippen LogP contribution in [0.4, 0.5) is 0 Å². The van der Waals surface area contributed by atoms with Crippen LogP contribution in [0, 0.1) is 5.92 Å². The quantitative estimate of drug-likeness (QED) is 0.403. The van der Waals surface area contributed by atoms with Gasteiger partial charge in [-0.1, -0.05) is 0 Å². The van der Waals surface area contributed by atoms with E-state index < -0.39 is 0 Å². The topological polar surface area (TPSA) is 51.2 Å². The molecule has 0 amide bonds. The van der Waals surface area contributed by atoms with Gasteiger partial charge in [0.15, 0.2) is 0 Å². The fourth-order valence-corrected chi connectivity index (χ4v) is 1.21. The number of unbranched alkanes of at least 4 members (excludes halogenated alkanes) is 2. The SMILES string of the molecule is O=CCCCC(C=O)CCCC=O. The highest BCUT2D eigenvalue weighted by molar-refractivity contribution is 5.54. The molecule has 0 aromatic rings. The van der Waals surface area contributed by atoms with Crippen LogP contribution in [0.25, 0.3) is 0 Å². The Kier molecular flexibility index (Phi) is 8.41. The highest BCUT2D eigenvalue weighted by atomic mass is 16.1. The van der Waals surface area contributed by atoms with E-state index in [9.17, 15) is 14.4 Å². The zero-order chi connectivity index (χ0) is 9.94. The van der Waals surface area contributed by atoms with Crippen molar-refractivity contribution in [3.63, 3.8) is 0 Å². The lowest BCUT2D eigenvalue weighted by Crippen LogP contribution is -2.02. The number of rotatable bonds is 9. The molecular formula is C10H16O3. The van der Waals surface area contributed by atoms with E-state index in [1.54, 1.807) is 0 Å². The number of carbonyl (C=O) groups is 3. The van der Waals surface area contributed by atoms with Crippen molar-refractivity contribution in [2.45, 2.75) is 38.5 Å². The van der Waals surface area contributed by atoms with E-state index in [1.165, 1.54) is 0 Å². The summed E-state index contributed by atoms with van der Waals surface area (Å²) in [6.45, 7) is 0. The third-order valence-corrected chi connectivity index (χ3v) is 1.99. The Hall–Kier alpha value is -0.990. The number of hydrogen-bond donors (Lipinski definition) is 0. The van der Waals surface area contributed by atoms with Gasteiger partial charge in [0, 0.05) is 18.8 Å². The Balaban J connectivity index is 3.44. The normalized spacial score (nSPS) is 9.92. The van der Waals surface area contributed by atoms with Crippen LogP contribution in [-0.4, -0.2) is 18.9 Å². The number of carbonyl (C=O) groups excluding carboxylic acids is 3. The Morgan fingerprint density at radius 2 is 1.31 bits per heavy atom. The molecule has 13 heavy (non-hydrogen) atoms. The van der Waals surface area contributed by atoms with Gasteiger partial charge in [-0.2, -0.15) is 0 Å². The maximum atomic E-state index is 10.5. The summed E-state index contributed by atoms with van der Waals surface area (Å²) in [6, 6.07) is 0. The number of hydrogen-bond acceptors (Lipinski definition) is 3. The highest BCUT2D eigenvalue weighted by Crippen LogP contribution is 2.12. The van der Waals surface area contributed by atoms with E-state index in [0.717, 1.165) is 44.5 Å². The van der Waals surface area contributed by atoms with Crippen molar-refractivity contribution in [1.29, 1.82) is 0 Å². The van der Waals surface area contributed by atoms with Gasteiger partial charge >= 0.3 is 0 Å². The fraction of sp³-hybridized carbons (Fsp3) is 0.700. The maximum absolute atomic E-state index is 10.5. The van der Waals surface area contributed by atoms with Gasteiger partial charge in [-0.25, -0.2) is 0 Å². The second-order valence-corrected chi connectivity index (χ2v) is 3.09. The molecule has 0 N–H and O–H groups in total. The molecule has 3 nitrogen and oxygen atoms in total. The Morgan fingerprint density at radius 3 is 1.62 bits per heavy atom. The van der Waals surface area contributed by atoms with Crippen molar-refractivity contribution in [3.05, 3.63) is 0 Å². The molecule has 74 valence electrons. The summed E-state index contributed by atoms with van der Waals surface area (Å²) in [6.07, 6.45) is 6.79. The summed E-state index contributed by atoms with van der Waals surface area (Å²) < 4.78 is 0. The average molecular weight is 184 g/mol. The first-order valence-electron chi connectivity index (χ1n) is 4.67. The molecule has 0 aromatic carbocycles. The second-order valence-electron chi connectivity index (χ2n) is 3.09. The van der Waals surface area contributed by atoms with Crippen LogP contribution in [0.3, 0.4) is 0 Å². The molecule has 0 aliphatic heterocycles. The summed E-state index contributed by atoms with van der Waals surface area (Å²) in [5.74, 6) is 0.0277. The molecule has 0 radical (unpaired) electrons. The van der Waals surface area contributed by atoms with Crippen molar-refractivity contribution < 1.29 is 14.4 Å². The second kappa shape index (κ2) is 9.10. The van der Waals surface area contributed by atoms with Gasteiger partial charge < -0.3 is 14.4 Å². The van der Waals surface area contributed by atoms with E-state index in [0.29, 0.717) is 12.8 Å². The van der Waals surface area contributed by atoms with Crippen LogP contribution >= 0.6 is 0 Å².